The molecule has 0 spiro atoms. The van der Waals surface area contributed by atoms with Crippen molar-refractivity contribution in [3.05, 3.63) is 24.0 Å². The Balaban J connectivity index is 3.32. The second-order valence-electron chi connectivity index (χ2n) is 2.03. The second-order valence-corrected chi connectivity index (χ2v) is 3.60. The van der Waals surface area contributed by atoms with Gasteiger partial charge in [0.2, 0.25) is 10.0 Å². The smallest absolute Gasteiger partial charge is 0.238 e. The minimum atomic E-state index is -3.73. The summed E-state index contributed by atoms with van der Waals surface area (Å²) in [7, 11) is -3.73. The van der Waals surface area contributed by atoms with Gasteiger partial charge in [-0.2, -0.15) is 5.26 Å². The number of primary sulfonamides is 1. The van der Waals surface area contributed by atoms with Gasteiger partial charge in [0.05, 0.1) is 4.90 Å². The van der Waals surface area contributed by atoms with Gasteiger partial charge in [-0.3, -0.25) is 0 Å². The molecule has 1 aromatic rings. The highest BCUT2D eigenvalue weighted by molar-refractivity contribution is 7.89. The van der Waals surface area contributed by atoms with E-state index >= 15 is 0 Å². The summed E-state index contributed by atoms with van der Waals surface area (Å²) < 4.78 is 21.5. The summed E-state index contributed by atoms with van der Waals surface area (Å²) in [5.74, 6) is 0. The lowest BCUT2D eigenvalue weighted by atomic mass is 10.4. The van der Waals surface area contributed by atoms with Gasteiger partial charge >= 0.3 is 0 Å². The maximum absolute atomic E-state index is 10.7. The molecule has 1 heterocycles. The molecule has 0 amide bonds. The molecule has 0 unspecified atom stereocenters. The molecule has 0 atom stereocenters. The van der Waals surface area contributed by atoms with Crippen LogP contribution in [-0.2, 0) is 10.0 Å². The highest BCUT2D eigenvalue weighted by atomic mass is 32.2. The fourth-order valence-corrected chi connectivity index (χ4v) is 1.18. The van der Waals surface area contributed by atoms with E-state index in [4.69, 9.17) is 10.4 Å². The average molecular weight is 183 g/mol. The van der Waals surface area contributed by atoms with Crippen LogP contribution in [0, 0.1) is 11.3 Å². The first-order valence-corrected chi connectivity index (χ1v) is 4.47. The summed E-state index contributed by atoms with van der Waals surface area (Å²) in [6.07, 6.45) is 1.22. The summed E-state index contributed by atoms with van der Waals surface area (Å²) in [5, 5.41) is 13.2. The largest absolute Gasteiger partial charge is 0.245 e. The van der Waals surface area contributed by atoms with Gasteiger partial charge in [-0.15, -0.1) is 0 Å². The molecule has 0 aromatic carbocycles. The van der Waals surface area contributed by atoms with E-state index in [2.05, 4.69) is 4.98 Å². The van der Waals surface area contributed by atoms with Crippen LogP contribution in [0.5, 0.6) is 0 Å². The first-order valence-electron chi connectivity index (χ1n) is 2.93. The van der Waals surface area contributed by atoms with Gasteiger partial charge in [-0.05, 0) is 12.1 Å². The van der Waals surface area contributed by atoms with Crippen molar-refractivity contribution < 1.29 is 8.42 Å². The van der Waals surface area contributed by atoms with E-state index in [1.807, 2.05) is 0 Å². The molecule has 0 fully saturated rings. The van der Waals surface area contributed by atoms with Crippen molar-refractivity contribution in [2.75, 3.05) is 0 Å². The van der Waals surface area contributed by atoms with Crippen LogP contribution >= 0.6 is 0 Å². The minimum Gasteiger partial charge on any atom is -0.245 e. The van der Waals surface area contributed by atoms with Crippen LogP contribution in [0.4, 0.5) is 0 Å². The fourth-order valence-electron chi connectivity index (χ4n) is 0.649. The predicted molar refractivity (Wildman–Crippen MR) is 40.3 cm³/mol. The van der Waals surface area contributed by atoms with E-state index in [1.165, 1.54) is 12.3 Å². The maximum Gasteiger partial charge on any atom is 0.238 e. The normalized spacial score (nSPS) is 10.7. The fraction of sp³-hybridized carbons (Fsp3) is 0. The molecule has 0 bridgehead atoms. The summed E-state index contributed by atoms with van der Waals surface area (Å²) in [5.41, 5.74) is 0.0292. The molecule has 0 saturated heterocycles. The van der Waals surface area contributed by atoms with Crippen LogP contribution in [0.3, 0.4) is 0 Å². The van der Waals surface area contributed by atoms with E-state index in [0.29, 0.717) is 0 Å². The van der Waals surface area contributed by atoms with E-state index in [-0.39, 0.29) is 10.6 Å². The number of hydrogen-bond donors (Lipinski definition) is 1. The minimum absolute atomic E-state index is 0.0292. The number of sulfonamides is 1. The monoisotopic (exact) mass is 183 g/mol. The van der Waals surface area contributed by atoms with Crippen LogP contribution in [0.25, 0.3) is 0 Å². The highest BCUT2D eigenvalue weighted by Gasteiger charge is 2.07. The third-order valence-corrected chi connectivity index (χ3v) is 2.09. The van der Waals surface area contributed by atoms with Gasteiger partial charge in [0.15, 0.2) is 0 Å². The Morgan fingerprint density at radius 3 is 2.75 bits per heavy atom. The number of hydrogen-bond acceptors (Lipinski definition) is 4. The van der Waals surface area contributed by atoms with Crippen LogP contribution < -0.4 is 5.14 Å². The lowest BCUT2D eigenvalue weighted by Crippen LogP contribution is -2.12. The first kappa shape index (κ1) is 8.64. The molecule has 1 aromatic heterocycles. The zero-order valence-electron chi connectivity index (χ0n) is 5.93. The van der Waals surface area contributed by atoms with Gasteiger partial charge in [0.25, 0.3) is 0 Å². The molecule has 0 saturated carbocycles. The summed E-state index contributed by atoms with van der Waals surface area (Å²) >= 11 is 0. The molecule has 0 aliphatic heterocycles. The summed E-state index contributed by atoms with van der Waals surface area (Å²) in [6.45, 7) is 0. The Kier molecular flexibility index (Phi) is 2.08. The maximum atomic E-state index is 10.7. The van der Waals surface area contributed by atoms with Gasteiger partial charge in [-0.1, -0.05) is 0 Å². The number of nitrogens with two attached hydrogens (primary N) is 1. The molecule has 0 aliphatic rings. The number of pyridine rings is 1. The van der Waals surface area contributed by atoms with Crippen molar-refractivity contribution in [3.8, 4) is 6.07 Å². The van der Waals surface area contributed by atoms with E-state index in [1.54, 1.807) is 6.07 Å². The molecule has 5 nitrogen and oxygen atoms in total. The van der Waals surface area contributed by atoms with Crippen LogP contribution in [-0.4, -0.2) is 13.4 Å². The molecule has 0 radical (unpaired) electrons. The Morgan fingerprint density at radius 2 is 2.25 bits per heavy atom. The molecule has 6 heteroatoms. The van der Waals surface area contributed by atoms with E-state index in [9.17, 15) is 8.42 Å². The Hall–Kier alpha value is -1.45. The lowest BCUT2D eigenvalue weighted by Gasteiger charge is -1.95. The van der Waals surface area contributed by atoms with Crippen molar-refractivity contribution >= 4 is 10.0 Å². The molecule has 0 aliphatic carbocycles. The molecule has 62 valence electrons. The van der Waals surface area contributed by atoms with E-state index in [0.717, 1.165) is 6.07 Å². The molecular weight excluding hydrogens is 178 g/mol. The topological polar surface area (TPSA) is 96.8 Å². The van der Waals surface area contributed by atoms with Gasteiger partial charge in [0.1, 0.15) is 11.8 Å². The Morgan fingerprint density at radius 1 is 1.58 bits per heavy atom. The van der Waals surface area contributed by atoms with Crippen molar-refractivity contribution in [2.45, 2.75) is 4.90 Å². The Labute approximate surface area is 69.5 Å². The molecular formula is C6H5N3O2S. The van der Waals surface area contributed by atoms with Crippen LogP contribution in [0.2, 0.25) is 0 Å². The summed E-state index contributed by atoms with van der Waals surface area (Å²) in [6, 6.07) is 4.06. The number of aromatic nitrogens is 1. The van der Waals surface area contributed by atoms with Crippen molar-refractivity contribution in [3.63, 3.8) is 0 Å². The van der Waals surface area contributed by atoms with E-state index < -0.39 is 10.0 Å². The summed E-state index contributed by atoms with van der Waals surface area (Å²) in [4.78, 5) is 3.49. The Bertz CT molecular complexity index is 432. The highest BCUT2D eigenvalue weighted by Crippen LogP contribution is 2.05. The number of nitriles is 1. The third-order valence-electron chi connectivity index (χ3n) is 1.17. The molecule has 1 rings (SSSR count). The molecule has 2 N–H and O–H groups in total. The standard InChI is InChI=1S/C6H5N3O2S/c7-4-5-3-6(1-2-9-5)12(8,10)11/h1-3H,(H2,8,10,11). The average Bonchev–Trinajstić information content (AvgIpc) is 2.03. The third kappa shape index (κ3) is 1.78. The zero-order valence-corrected chi connectivity index (χ0v) is 6.75. The van der Waals surface area contributed by atoms with Crippen molar-refractivity contribution in [2.24, 2.45) is 5.14 Å². The number of nitrogens with zero attached hydrogens (tertiary/aromatic N) is 2. The van der Waals surface area contributed by atoms with Crippen LogP contribution in [0.15, 0.2) is 23.2 Å². The zero-order chi connectivity index (χ0) is 9.19. The predicted octanol–water partition coefficient (Wildman–Crippen LogP) is -0.399. The SMILES string of the molecule is N#Cc1cc(S(N)(=O)=O)ccn1. The molecule has 12 heavy (non-hydrogen) atoms. The van der Waals surface area contributed by atoms with Gasteiger partial charge < -0.3 is 0 Å². The quantitative estimate of drug-likeness (QED) is 0.640. The van der Waals surface area contributed by atoms with Gasteiger partial charge in [0, 0.05) is 6.20 Å². The second kappa shape index (κ2) is 2.89. The lowest BCUT2D eigenvalue weighted by molar-refractivity contribution is 0.597. The van der Waals surface area contributed by atoms with Gasteiger partial charge in [-0.25, -0.2) is 18.5 Å². The number of rotatable bonds is 1. The first-order chi connectivity index (χ1) is 5.54. The van der Waals surface area contributed by atoms with Crippen molar-refractivity contribution in [1.82, 2.24) is 4.98 Å². The van der Waals surface area contributed by atoms with Crippen molar-refractivity contribution in [1.29, 1.82) is 5.26 Å². The van der Waals surface area contributed by atoms with Crippen LogP contribution in [0.1, 0.15) is 5.69 Å².